The van der Waals surface area contributed by atoms with Gasteiger partial charge in [0.15, 0.2) is 0 Å². The number of anilines is 2. The van der Waals surface area contributed by atoms with Crippen LogP contribution in [0.25, 0.3) is 33.4 Å². The van der Waals surface area contributed by atoms with E-state index in [4.69, 9.17) is 9.41 Å². The first-order valence-electron chi connectivity index (χ1n) is 17.6. The molecule has 1 aliphatic heterocycles. The molecule has 0 fully saturated rings. The minimum absolute atomic E-state index is 0.251. The van der Waals surface area contributed by atoms with E-state index in [0.717, 1.165) is 86.9 Å². The maximum absolute atomic E-state index is 14.1. The van der Waals surface area contributed by atoms with Gasteiger partial charge in [0.05, 0.1) is 15.9 Å². The SMILES string of the molecule is CCCCC(CC)CNS(=O)(=O)c1ccccc1-c1c2cc/c(=N\c3c(C)cccc3C)cc-2oc2cc(Nc3c(C)cccc3C)ccc12. The third-order valence-electron chi connectivity index (χ3n) is 9.69. The number of rotatable bonds is 12. The number of hydrogen-bond donors (Lipinski definition) is 2. The summed E-state index contributed by atoms with van der Waals surface area (Å²) in [5.74, 6) is 0.908. The molecule has 1 atom stereocenters. The topological polar surface area (TPSA) is 83.7 Å². The van der Waals surface area contributed by atoms with Gasteiger partial charge in [0.2, 0.25) is 10.0 Å². The first-order valence-corrected chi connectivity index (χ1v) is 19.1. The second kappa shape index (κ2) is 15.0. The fraction of sp³-hybridized carbons (Fsp3) is 0.279. The molecule has 1 aliphatic carbocycles. The molecule has 0 spiro atoms. The summed E-state index contributed by atoms with van der Waals surface area (Å²) in [7, 11) is -3.83. The minimum Gasteiger partial charge on any atom is -0.456 e. The van der Waals surface area contributed by atoms with E-state index in [0.29, 0.717) is 23.5 Å². The van der Waals surface area contributed by atoms with Crippen molar-refractivity contribution in [2.24, 2.45) is 10.9 Å². The average molecular weight is 686 g/mol. The second-order valence-corrected chi connectivity index (χ2v) is 15.1. The van der Waals surface area contributed by atoms with Crippen LogP contribution >= 0.6 is 0 Å². The summed E-state index contributed by atoms with van der Waals surface area (Å²) in [6.07, 6.45) is 4.10. The van der Waals surface area contributed by atoms with Crippen molar-refractivity contribution in [1.29, 1.82) is 0 Å². The Morgan fingerprint density at radius 2 is 1.46 bits per heavy atom. The average Bonchev–Trinajstić information content (AvgIpc) is 3.10. The molecule has 6 nitrogen and oxygen atoms in total. The number of nitrogens with zero attached hydrogens (tertiary/aromatic N) is 1. The van der Waals surface area contributed by atoms with Crippen molar-refractivity contribution in [3.05, 3.63) is 125 Å². The molecule has 4 aromatic carbocycles. The van der Waals surface area contributed by atoms with Gasteiger partial charge in [-0.05, 0) is 92.6 Å². The standard InChI is InChI=1S/C43H47N3O3S/c1-7-9-18-32(8-2)27-44-50(47,48)40-20-11-10-19-37(40)41-35-23-21-33(45-42-28(3)14-12-15-29(42)4)25-38(35)49-39-26-34(22-24-36(39)41)46-43-30(5)16-13-17-31(43)6/h10-17,19-26,32,44-45H,7-9,18,27H2,1-6H3/b46-34+. The van der Waals surface area contributed by atoms with Gasteiger partial charge in [0.1, 0.15) is 11.3 Å². The Balaban J connectivity index is 1.54. The third-order valence-corrected chi connectivity index (χ3v) is 11.2. The zero-order valence-corrected chi connectivity index (χ0v) is 30.7. The van der Waals surface area contributed by atoms with E-state index in [-0.39, 0.29) is 10.8 Å². The maximum atomic E-state index is 14.1. The van der Waals surface area contributed by atoms with E-state index in [1.807, 2.05) is 54.6 Å². The number of sulfonamides is 1. The van der Waals surface area contributed by atoms with Gasteiger partial charge in [-0.15, -0.1) is 0 Å². The minimum atomic E-state index is -3.83. The van der Waals surface area contributed by atoms with Crippen LogP contribution in [0.2, 0.25) is 0 Å². The second-order valence-electron chi connectivity index (χ2n) is 13.4. The van der Waals surface area contributed by atoms with Gasteiger partial charge in [-0.25, -0.2) is 18.1 Å². The first kappa shape index (κ1) is 35.1. The fourth-order valence-electron chi connectivity index (χ4n) is 6.74. The molecule has 7 heteroatoms. The highest BCUT2D eigenvalue weighted by molar-refractivity contribution is 7.89. The largest absolute Gasteiger partial charge is 0.456 e. The predicted molar refractivity (Wildman–Crippen MR) is 207 cm³/mol. The summed E-state index contributed by atoms with van der Waals surface area (Å²) in [6.45, 7) is 13.0. The van der Waals surface area contributed by atoms with E-state index >= 15 is 0 Å². The van der Waals surface area contributed by atoms with Gasteiger partial charge in [0, 0.05) is 52.1 Å². The van der Waals surface area contributed by atoms with E-state index in [1.54, 1.807) is 12.1 Å². The van der Waals surface area contributed by atoms with Crippen molar-refractivity contribution >= 4 is 38.1 Å². The molecule has 2 N–H and O–H groups in total. The fourth-order valence-corrected chi connectivity index (χ4v) is 8.07. The molecule has 0 radical (unpaired) electrons. The van der Waals surface area contributed by atoms with Crippen molar-refractivity contribution in [3.63, 3.8) is 0 Å². The lowest BCUT2D eigenvalue weighted by molar-refractivity contribution is 0.444. The van der Waals surface area contributed by atoms with Crippen LogP contribution in [0.5, 0.6) is 0 Å². The lowest BCUT2D eigenvalue weighted by atomic mass is 9.93. The molecule has 2 aliphatic rings. The van der Waals surface area contributed by atoms with Crippen molar-refractivity contribution in [2.75, 3.05) is 11.9 Å². The molecule has 0 bridgehead atoms. The third kappa shape index (κ3) is 7.40. The Kier molecular flexibility index (Phi) is 10.6. The van der Waals surface area contributed by atoms with Crippen LogP contribution in [0, 0.1) is 33.6 Å². The van der Waals surface area contributed by atoms with Gasteiger partial charge in [-0.3, -0.25) is 0 Å². The molecule has 1 unspecified atom stereocenters. The summed E-state index contributed by atoms with van der Waals surface area (Å²) >= 11 is 0. The smallest absolute Gasteiger partial charge is 0.241 e. The number of nitrogens with one attached hydrogen (secondary N) is 2. The summed E-state index contributed by atoms with van der Waals surface area (Å²) in [6, 6.07) is 31.6. The molecule has 0 saturated heterocycles. The number of fused-ring (bicyclic) bond motifs is 2. The van der Waals surface area contributed by atoms with Gasteiger partial charge < -0.3 is 9.73 Å². The molecule has 0 saturated carbocycles. The lowest BCUT2D eigenvalue weighted by Gasteiger charge is -2.20. The highest BCUT2D eigenvalue weighted by Crippen LogP contribution is 2.43. The Morgan fingerprint density at radius 1 is 0.760 bits per heavy atom. The predicted octanol–water partition coefficient (Wildman–Crippen LogP) is 10.9. The summed E-state index contributed by atoms with van der Waals surface area (Å²) < 4.78 is 37.8. The Morgan fingerprint density at radius 3 is 2.16 bits per heavy atom. The molecule has 6 rings (SSSR count). The molecule has 0 aromatic heterocycles. The number of unbranched alkanes of at least 4 members (excludes halogenated alkanes) is 1. The number of aryl methyl sites for hydroxylation is 4. The molecule has 4 aromatic rings. The van der Waals surface area contributed by atoms with Crippen molar-refractivity contribution in [3.8, 4) is 22.5 Å². The van der Waals surface area contributed by atoms with Crippen molar-refractivity contribution < 1.29 is 12.8 Å². The Hall–Kier alpha value is -4.72. The van der Waals surface area contributed by atoms with Crippen LogP contribution < -0.4 is 15.4 Å². The highest BCUT2D eigenvalue weighted by Gasteiger charge is 2.25. The number of benzene rings is 5. The zero-order chi connectivity index (χ0) is 35.4. The number of para-hydroxylation sites is 2. The van der Waals surface area contributed by atoms with Crippen LogP contribution in [-0.4, -0.2) is 15.0 Å². The van der Waals surface area contributed by atoms with E-state index in [9.17, 15) is 8.42 Å². The lowest BCUT2D eigenvalue weighted by Crippen LogP contribution is -2.29. The van der Waals surface area contributed by atoms with Gasteiger partial charge >= 0.3 is 0 Å². The maximum Gasteiger partial charge on any atom is 0.241 e. The van der Waals surface area contributed by atoms with Gasteiger partial charge in [0.25, 0.3) is 0 Å². The quantitative estimate of drug-likeness (QED) is 0.126. The van der Waals surface area contributed by atoms with Crippen LogP contribution in [0.1, 0.15) is 61.8 Å². The Bertz CT molecular complexity index is 2270. The van der Waals surface area contributed by atoms with Crippen LogP contribution in [0.15, 0.2) is 111 Å². The molecule has 258 valence electrons. The molecule has 50 heavy (non-hydrogen) atoms. The zero-order valence-electron chi connectivity index (χ0n) is 29.9. The molecular formula is C43H47N3O3S. The van der Waals surface area contributed by atoms with Crippen LogP contribution in [0.4, 0.5) is 17.1 Å². The van der Waals surface area contributed by atoms with E-state index in [1.165, 1.54) is 0 Å². The van der Waals surface area contributed by atoms with E-state index in [2.05, 4.69) is 81.9 Å². The molecule has 1 heterocycles. The number of hydrogen-bond acceptors (Lipinski definition) is 5. The normalized spacial score (nSPS) is 12.9. The Labute approximate surface area is 296 Å². The summed E-state index contributed by atoms with van der Waals surface area (Å²) in [5, 5.41) is 5.17. The van der Waals surface area contributed by atoms with E-state index < -0.39 is 10.0 Å². The summed E-state index contributed by atoms with van der Waals surface area (Å²) in [5.41, 5.74) is 10.2. The first-order chi connectivity index (χ1) is 24.1. The van der Waals surface area contributed by atoms with Crippen molar-refractivity contribution in [1.82, 2.24) is 4.72 Å². The monoisotopic (exact) mass is 685 g/mol. The van der Waals surface area contributed by atoms with Crippen molar-refractivity contribution in [2.45, 2.75) is 72.1 Å². The molecular weight excluding hydrogens is 639 g/mol. The van der Waals surface area contributed by atoms with Gasteiger partial charge in [-0.2, -0.15) is 0 Å². The van der Waals surface area contributed by atoms with Crippen LogP contribution in [0.3, 0.4) is 0 Å². The van der Waals surface area contributed by atoms with Crippen LogP contribution in [-0.2, 0) is 10.0 Å². The highest BCUT2D eigenvalue weighted by atomic mass is 32.2. The summed E-state index contributed by atoms with van der Waals surface area (Å²) in [4.78, 5) is 5.27. The molecule has 0 amide bonds. The van der Waals surface area contributed by atoms with Gasteiger partial charge in [-0.1, -0.05) is 87.7 Å².